The van der Waals surface area contributed by atoms with Crippen molar-refractivity contribution in [2.75, 3.05) is 6.61 Å². The Morgan fingerprint density at radius 3 is 2.96 bits per heavy atom. The SMILES string of the molecule is C[C@H]1CCc2c(sc3ncnc(OCC(=O)NC(C)(C)C)c23)C1. The number of nitrogens with one attached hydrogen (secondary N) is 1. The average molecular weight is 333 g/mol. The second-order valence-corrected chi connectivity index (χ2v) is 8.38. The van der Waals surface area contributed by atoms with Crippen LogP contribution in [0.1, 0.15) is 44.6 Å². The summed E-state index contributed by atoms with van der Waals surface area (Å²) in [5, 5.41) is 3.90. The fourth-order valence-corrected chi connectivity index (χ4v) is 4.28. The van der Waals surface area contributed by atoms with E-state index in [-0.39, 0.29) is 18.1 Å². The van der Waals surface area contributed by atoms with Gasteiger partial charge in [0, 0.05) is 10.4 Å². The molecule has 0 radical (unpaired) electrons. The van der Waals surface area contributed by atoms with E-state index < -0.39 is 0 Å². The second kappa shape index (κ2) is 6.07. The van der Waals surface area contributed by atoms with E-state index in [0.717, 1.165) is 23.1 Å². The van der Waals surface area contributed by atoms with Crippen LogP contribution in [0.5, 0.6) is 5.88 Å². The molecule has 6 heteroatoms. The van der Waals surface area contributed by atoms with Crippen LogP contribution in [0.3, 0.4) is 0 Å². The quantitative estimate of drug-likeness (QED) is 0.937. The van der Waals surface area contributed by atoms with Crippen molar-refractivity contribution in [3.8, 4) is 5.88 Å². The van der Waals surface area contributed by atoms with Gasteiger partial charge >= 0.3 is 0 Å². The predicted octanol–water partition coefficient (Wildman–Crippen LogP) is 3.11. The smallest absolute Gasteiger partial charge is 0.258 e. The Morgan fingerprint density at radius 2 is 2.22 bits per heavy atom. The summed E-state index contributed by atoms with van der Waals surface area (Å²) in [5.41, 5.74) is 1.05. The summed E-state index contributed by atoms with van der Waals surface area (Å²) in [6.45, 7) is 8.11. The summed E-state index contributed by atoms with van der Waals surface area (Å²) >= 11 is 1.73. The molecule has 1 aliphatic carbocycles. The van der Waals surface area contributed by atoms with Gasteiger partial charge in [0.25, 0.3) is 5.91 Å². The van der Waals surface area contributed by atoms with Crippen LogP contribution in [0.15, 0.2) is 6.33 Å². The first-order valence-corrected chi connectivity index (χ1v) is 8.84. The van der Waals surface area contributed by atoms with E-state index in [0.29, 0.717) is 11.8 Å². The number of thiophene rings is 1. The van der Waals surface area contributed by atoms with E-state index in [1.165, 1.54) is 23.2 Å². The molecule has 0 saturated carbocycles. The van der Waals surface area contributed by atoms with Crippen LogP contribution in [-0.4, -0.2) is 28.0 Å². The number of hydrogen-bond acceptors (Lipinski definition) is 5. The number of nitrogens with zero attached hydrogens (tertiary/aromatic N) is 2. The Balaban J connectivity index is 1.83. The molecule has 0 fully saturated rings. The average Bonchev–Trinajstić information content (AvgIpc) is 2.81. The number of aromatic nitrogens is 2. The van der Waals surface area contributed by atoms with Gasteiger partial charge in [-0.1, -0.05) is 6.92 Å². The maximum Gasteiger partial charge on any atom is 0.258 e. The number of amides is 1. The molecule has 1 amide bonds. The van der Waals surface area contributed by atoms with Gasteiger partial charge in [-0.25, -0.2) is 9.97 Å². The molecule has 0 spiro atoms. The fourth-order valence-electron chi connectivity index (χ4n) is 2.94. The molecule has 1 aliphatic rings. The minimum Gasteiger partial charge on any atom is -0.467 e. The third-order valence-corrected chi connectivity index (χ3v) is 5.07. The molecule has 5 nitrogen and oxygen atoms in total. The largest absolute Gasteiger partial charge is 0.467 e. The minimum absolute atomic E-state index is 0.0234. The Labute approximate surface area is 140 Å². The minimum atomic E-state index is -0.265. The normalized spacial score (nSPS) is 17.8. The van der Waals surface area contributed by atoms with Crippen molar-refractivity contribution in [3.05, 3.63) is 16.8 Å². The highest BCUT2D eigenvalue weighted by atomic mass is 32.1. The summed E-state index contributed by atoms with van der Waals surface area (Å²) in [7, 11) is 0. The Morgan fingerprint density at radius 1 is 1.43 bits per heavy atom. The molecule has 1 atom stereocenters. The van der Waals surface area contributed by atoms with E-state index in [1.807, 2.05) is 20.8 Å². The molecule has 0 unspecified atom stereocenters. The number of ether oxygens (including phenoxy) is 1. The van der Waals surface area contributed by atoms with Crippen molar-refractivity contribution < 1.29 is 9.53 Å². The van der Waals surface area contributed by atoms with Crippen LogP contribution in [0.25, 0.3) is 10.2 Å². The lowest BCUT2D eigenvalue weighted by molar-refractivity contribution is -0.124. The van der Waals surface area contributed by atoms with Gasteiger partial charge in [0.1, 0.15) is 11.2 Å². The van der Waals surface area contributed by atoms with Crippen LogP contribution in [0, 0.1) is 5.92 Å². The molecule has 3 rings (SSSR count). The molecular formula is C17H23N3O2S. The maximum atomic E-state index is 12.0. The standard InChI is InChI=1S/C17H23N3O2S/c1-10-5-6-11-12(7-10)23-16-14(11)15(18-9-19-16)22-8-13(21)20-17(2,3)4/h9-10H,5-8H2,1-4H3,(H,20,21)/t10-/m0/s1. The van der Waals surface area contributed by atoms with Crippen LogP contribution in [0.2, 0.25) is 0 Å². The highest BCUT2D eigenvalue weighted by Crippen LogP contribution is 2.40. The summed E-state index contributed by atoms with van der Waals surface area (Å²) in [6, 6.07) is 0. The molecule has 23 heavy (non-hydrogen) atoms. The molecule has 0 aromatic carbocycles. The molecule has 0 saturated heterocycles. The van der Waals surface area contributed by atoms with Crippen molar-refractivity contribution in [3.63, 3.8) is 0 Å². The lowest BCUT2D eigenvalue weighted by Gasteiger charge is -2.20. The van der Waals surface area contributed by atoms with Crippen molar-refractivity contribution in [2.45, 2.75) is 52.5 Å². The van der Waals surface area contributed by atoms with Crippen LogP contribution in [0.4, 0.5) is 0 Å². The van der Waals surface area contributed by atoms with Gasteiger partial charge in [-0.05, 0) is 51.5 Å². The Bertz CT molecular complexity index is 733. The lowest BCUT2D eigenvalue weighted by atomic mass is 9.89. The molecule has 0 aliphatic heterocycles. The van der Waals surface area contributed by atoms with Crippen molar-refractivity contribution in [1.82, 2.24) is 15.3 Å². The zero-order valence-corrected chi connectivity index (χ0v) is 14.9. The Kier molecular flexibility index (Phi) is 4.27. The molecule has 2 aromatic rings. The number of fused-ring (bicyclic) bond motifs is 3. The highest BCUT2D eigenvalue weighted by Gasteiger charge is 2.24. The van der Waals surface area contributed by atoms with Gasteiger partial charge in [-0.15, -0.1) is 11.3 Å². The zero-order valence-electron chi connectivity index (χ0n) is 14.1. The zero-order chi connectivity index (χ0) is 16.6. The maximum absolute atomic E-state index is 12.0. The van der Waals surface area contributed by atoms with E-state index in [1.54, 1.807) is 11.3 Å². The number of aryl methyl sites for hydroxylation is 1. The third-order valence-electron chi connectivity index (χ3n) is 3.91. The third kappa shape index (κ3) is 3.63. The van der Waals surface area contributed by atoms with Crippen LogP contribution < -0.4 is 10.1 Å². The van der Waals surface area contributed by atoms with Crippen molar-refractivity contribution in [1.29, 1.82) is 0 Å². The number of carbonyl (C=O) groups is 1. The molecule has 2 aromatic heterocycles. The molecule has 124 valence electrons. The molecule has 0 bridgehead atoms. The van der Waals surface area contributed by atoms with Crippen LogP contribution >= 0.6 is 11.3 Å². The monoisotopic (exact) mass is 333 g/mol. The Hall–Kier alpha value is -1.69. The highest BCUT2D eigenvalue weighted by molar-refractivity contribution is 7.18. The number of rotatable bonds is 3. The van der Waals surface area contributed by atoms with Gasteiger partial charge in [0.05, 0.1) is 5.39 Å². The van der Waals surface area contributed by atoms with E-state index in [4.69, 9.17) is 4.74 Å². The second-order valence-electron chi connectivity index (χ2n) is 7.30. The van der Waals surface area contributed by atoms with Gasteiger partial charge in [-0.3, -0.25) is 4.79 Å². The summed E-state index contributed by atoms with van der Waals surface area (Å²) in [6.07, 6.45) is 4.83. The first-order valence-electron chi connectivity index (χ1n) is 8.02. The van der Waals surface area contributed by atoms with Crippen LogP contribution in [-0.2, 0) is 17.6 Å². The van der Waals surface area contributed by atoms with E-state index in [9.17, 15) is 4.79 Å². The fraction of sp³-hybridized carbons (Fsp3) is 0.588. The lowest BCUT2D eigenvalue weighted by Crippen LogP contribution is -2.43. The van der Waals surface area contributed by atoms with E-state index in [2.05, 4.69) is 22.2 Å². The first kappa shape index (κ1) is 16.2. The van der Waals surface area contributed by atoms with E-state index >= 15 is 0 Å². The summed E-state index contributed by atoms with van der Waals surface area (Å²) in [5.74, 6) is 1.11. The predicted molar refractivity (Wildman–Crippen MR) is 92.0 cm³/mol. The van der Waals surface area contributed by atoms with Gasteiger partial charge in [0.2, 0.25) is 5.88 Å². The summed E-state index contributed by atoms with van der Waals surface area (Å²) in [4.78, 5) is 23.0. The topological polar surface area (TPSA) is 64.1 Å². The number of hydrogen-bond donors (Lipinski definition) is 1. The summed E-state index contributed by atoms with van der Waals surface area (Å²) < 4.78 is 5.72. The molecule has 2 heterocycles. The molecule has 1 N–H and O–H groups in total. The van der Waals surface area contributed by atoms with Gasteiger partial charge in [0.15, 0.2) is 6.61 Å². The van der Waals surface area contributed by atoms with Gasteiger partial charge < -0.3 is 10.1 Å². The molecular weight excluding hydrogens is 310 g/mol. The van der Waals surface area contributed by atoms with Crippen molar-refractivity contribution in [2.24, 2.45) is 5.92 Å². The van der Waals surface area contributed by atoms with Crippen molar-refractivity contribution >= 4 is 27.5 Å². The number of carbonyl (C=O) groups excluding carboxylic acids is 1. The van der Waals surface area contributed by atoms with Gasteiger partial charge in [-0.2, -0.15) is 0 Å². The first-order chi connectivity index (χ1) is 10.8.